The van der Waals surface area contributed by atoms with Crippen molar-refractivity contribution in [2.45, 2.75) is 148 Å². The molecular weight excluding hydrogens is 556 g/mol. The van der Waals surface area contributed by atoms with Gasteiger partial charge in [0.2, 0.25) is 8.32 Å². The number of ether oxygens (including phenoxy) is 4. The fourth-order valence-corrected chi connectivity index (χ4v) is 7.15. The summed E-state index contributed by atoms with van der Waals surface area (Å²) in [5.41, 5.74) is 1.13. The average Bonchev–Trinajstić information content (AvgIpc) is 3.25. The van der Waals surface area contributed by atoms with Crippen LogP contribution in [0.15, 0.2) is 36.4 Å². The van der Waals surface area contributed by atoms with Crippen LogP contribution < -0.4 is 4.43 Å². The summed E-state index contributed by atoms with van der Waals surface area (Å²) in [6, 6.07) is 8.38. The summed E-state index contributed by atoms with van der Waals surface area (Å²) in [4.78, 5) is 13.6. The van der Waals surface area contributed by atoms with Crippen molar-refractivity contribution in [3.05, 3.63) is 42.0 Å². The van der Waals surface area contributed by atoms with E-state index in [0.717, 1.165) is 75.9 Å². The van der Waals surface area contributed by atoms with Crippen molar-refractivity contribution in [3.8, 4) is 5.75 Å². The normalized spacial score (nSPS) is 28.0. The molecule has 1 aromatic carbocycles. The van der Waals surface area contributed by atoms with E-state index in [4.69, 9.17) is 23.4 Å². The molecule has 0 N–H and O–H groups in total. The van der Waals surface area contributed by atoms with Crippen LogP contribution in [0.1, 0.15) is 104 Å². The van der Waals surface area contributed by atoms with Crippen molar-refractivity contribution in [1.29, 1.82) is 0 Å². The second kappa shape index (κ2) is 16.2. The van der Waals surface area contributed by atoms with Gasteiger partial charge in [0.25, 0.3) is 0 Å². The van der Waals surface area contributed by atoms with Crippen LogP contribution in [-0.4, -0.2) is 52.1 Å². The number of hydrogen-bond donors (Lipinski definition) is 0. The van der Waals surface area contributed by atoms with Gasteiger partial charge in [-0.25, -0.2) is 0 Å². The summed E-state index contributed by atoms with van der Waals surface area (Å²) in [7, 11) is -1.97. The van der Waals surface area contributed by atoms with E-state index >= 15 is 0 Å². The zero-order chi connectivity index (χ0) is 30.9. The molecule has 3 aliphatic rings. The van der Waals surface area contributed by atoms with Crippen molar-refractivity contribution in [1.82, 2.24) is 0 Å². The van der Waals surface area contributed by atoms with E-state index in [2.05, 4.69) is 77.2 Å². The predicted molar refractivity (Wildman–Crippen MR) is 175 cm³/mol. The highest BCUT2D eigenvalue weighted by Crippen LogP contribution is 2.39. The fourth-order valence-electron chi connectivity index (χ4n) is 6.13. The predicted octanol–water partition coefficient (Wildman–Crippen LogP) is 8.78. The molecule has 43 heavy (non-hydrogen) atoms. The first kappa shape index (κ1) is 34.4. The van der Waals surface area contributed by atoms with Gasteiger partial charge in [0.15, 0.2) is 12.6 Å². The molecule has 0 bridgehead atoms. The third-order valence-corrected chi connectivity index (χ3v) is 14.2. The quantitative estimate of drug-likeness (QED) is 0.119. The first-order valence-corrected chi connectivity index (χ1v) is 20.0. The van der Waals surface area contributed by atoms with Gasteiger partial charge in [0.1, 0.15) is 11.5 Å². The van der Waals surface area contributed by atoms with Gasteiger partial charge in [0.05, 0.1) is 12.2 Å². The number of rotatable bonds is 14. The van der Waals surface area contributed by atoms with Gasteiger partial charge in [0, 0.05) is 31.5 Å². The highest BCUT2D eigenvalue weighted by Gasteiger charge is 2.43. The zero-order valence-corrected chi connectivity index (χ0v) is 28.8. The Hall–Kier alpha value is -1.51. The van der Waals surface area contributed by atoms with Crippen molar-refractivity contribution in [2.24, 2.45) is 11.8 Å². The Morgan fingerprint density at radius 3 is 2.40 bits per heavy atom. The molecule has 0 amide bonds. The lowest BCUT2D eigenvalue weighted by atomic mass is 9.87. The van der Waals surface area contributed by atoms with E-state index < -0.39 is 8.32 Å². The number of benzene rings is 1. The fraction of sp³-hybridized carbons (Fsp3) is 0.750. The highest BCUT2D eigenvalue weighted by atomic mass is 28.4. The molecule has 6 nitrogen and oxygen atoms in total. The summed E-state index contributed by atoms with van der Waals surface area (Å²) < 4.78 is 31.5. The van der Waals surface area contributed by atoms with Gasteiger partial charge in [-0.1, -0.05) is 71.2 Å². The Bertz CT molecular complexity index is 1020. The van der Waals surface area contributed by atoms with Gasteiger partial charge >= 0.3 is 0 Å². The number of carbonyl (C=O) groups excluding carboxylic acids is 1. The monoisotopic (exact) mass is 614 g/mol. The molecule has 0 spiro atoms. The summed E-state index contributed by atoms with van der Waals surface area (Å²) in [6.07, 6.45) is 15.6. The largest absolute Gasteiger partial charge is 0.543 e. The SMILES string of the molecule is CCCCC[C@@H](/C=C/[C@H]1C(OC2CCCCO2)CC(=O)C1Cc1cccc(O[Si](C)(C)C(C)(C)C)c1)OC1CCCCO1. The molecule has 1 aromatic rings. The third kappa shape index (κ3) is 10.3. The molecule has 1 saturated carbocycles. The van der Waals surface area contributed by atoms with Gasteiger partial charge in [-0.2, -0.15) is 0 Å². The maximum atomic E-state index is 13.6. The Balaban J connectivity index is 1.53. The van der Waals surface area contributed by atoms with E-state index in [9.17, 15) is 4.79 Å². The molecule has 3 fully saturated rings. The minimum absolute atomic E-state index is 0.0288. The van der Waals surface area contributed by atoms with Crippen LogP contribution in [0.25, 0.3) is 0 Å². The second-order valence-corrected chi connectivity index (χ2v) is 19.1. The maximum Gasteiger partial charge on any atom is 0.250 e. The summed E-state index contributed by atoms with van der Waals surface area (Å²) >= 11 is 0. The maximum absolute atomic E-state index is 13.6. The third-order valence-electron chi connectivity index (χ3n) is 9.81. The Labute approximate surface area is 262 Å². The Morgan fingerprint density at radius 1 is 1.02 bits per heavy atom. The number of carbonyl (C=O) groups is 1. The van der Waals surface area contributed by atoms with Crippen molar-refractivity contribution >= 4 is 14.1 Å². The van der Waals surface area contributed by atoms with Gasteiger partial charge in [-0.15, -0.1) is 0 Å². The van der Waals surface area contributed by atoms with Gasteiger partial charge < -0.3 is 23.4 Å². The molecule has 1 aliphatic carbocycles. The molecule has 4 unspecified atom stereocenters. The average molecular weight is 615 g/mol. The molecule has 2 saturated heterocycles. The summed E-state index contributed by atoms with van der Waals surface area (Å²) in [6.45, 7) is 15.0. The van der Waals surface area contributed by atoms with Crippen molar-refractivity contribution < 1.29 is 28.2 Å². The smallest absolute Gasteiger partial charge is 0.250 e. The minimum Gasteiger partial charge on any atom is -0.543 e. The first-order chi connectivity index (χ1) is 20.6. The molecule has 6 atom stereocenters. The van der Waals surface area contributed by atoms with E-state index in [1.807, 2.05) is 0 Å². The van der Waals surface area contributed by atoms with Gasteiger partial charge in [-0.05, 0) is 87.2 Å². The van der Waals surface area contributed by atoms with Crippen LogP contribution in [0.5, 0.6) is 5.75 Å². The van der Waals surface area contributed by atoms with E-state index in [1.54, 1.807) is 0 Å². The zero-order valence-electron chi connectivity index (χ0n) is 27.8. The van der Waals surface area contributed by atoms with Crippen molar-refractivity contribution in [3.63, 3.8) is 0 Å². The van der Waals surface area contributed by atoms with Gasteiger partial charge in [-0.3, -0.25) is 4.79 Å². The number of ketones is 1. The second-order valence-electron chi connectivity index (χ2n) is 14.4. The molecular formula is C36H58O6Si. The molecule has 0 radical (unpaired) electrons. The van der Waals surface area contributed by atoms with Crippen molar-refractivity contribution in [2.75, 3.05) is 13.2 Å². The lowest BCUT2D eigenvalue weighted by molar-refractivity contribution is -0.192. The molecule has 2 heterocycles. The van der Waals surface area contributed by atoms with E-state index in [0.29, 0.717) is 12.8 Å². The summed E-state index contributed by atoms with van der Waals surface area (Å²) in [5, 5.41) is 0.116. The van der Waals surface area contributed by atoms with Crippen LogP contribution in [0.3, 0.4) is 0 Å². The lowest BCUT2D eigenvalue weighted by Gasteiger charge is -2.36. The molecule has 2 aliphatic heterocycles. The summed E-state index contributed by atoms with van der Waals surface area (Å²) in [5.74, 6) is 0.981. The van der Waals surface area contributed by atoms with Crippen LogP contribution in [0, 0.1) is 11.8 Å². The van der Waals surface area contributed by atoms with Crippen LogP contribution in [0.4, 0.5) is 0 Å². The number of unbranched alkanes of at least 4 members (excludes halogenated alkanes) is 2. The molecule has 4 rings (SSSR count). The number of hydrogen-bond acceptors (Lipinski definition) is 6. The molecule has 0 aromatic heterocycles. The molecule has 7 heteroatoms. The van der Waals surface area contributed by atoms with Crippen LogP contribution in [0.2, 0.25) is 18.1 Å². The Morgan fingerprint density at radius 2 is 1.74 bits per heavy atom. The minimum atomic E-state index is -1.97. The Kier molecular flexibility index (Phi) is 12.9. The van der Waals surface area contributed by atoms with Crippen LogP contribution >= 0.6 is 0 Å². The van der Waals surface area contributed by atoms with E-state index in [-0.39, 0.29) is 47.4 Å². The van der Waals surface area contributed by atoms with Crippen LogP contribution in [-0.2, 0) is 30.2 Å². The highest BCUT2D eigenvalue weighted by molar-refractivity contribution is 6.74. The first-order valence-electron chi connectivity index (χ1n) is 17.1. The molecule has 242 valence electrons. The van der Waals surface area contributed by atoms with E-state index in [1.165, 1.54) is 12.8 Å². The topological polar surface area (TPSA) is 63.2 Å². The standard InChI is InChI=1S/C36H58O6Si/c1-7-8-9-16-28(40-34-18-10-12-22-38-34)20-21-30-31(32(37)26-33(30)41-35-19-11-13-23-39-35)25-27-15-14-17-29(24-27)42-43(5,6)36(2,3)4/h14-15,17,20-21,24,28,30-31,33-35H,7-13,16,18-19,22-23,25-26H2,1-6H3/b21-20+/t28-,30+,31?,33?,34?,35?/m0/s1. The number of Topliss-reactive ketones (excluding diaryl/α,β-unsaturated/α-hetero) is 1. The lowest BCUT2D eigenvalue weighted by Crippen LogP contribution is -2.43.